The zero-order valence-electron chi connectivity index (χ0n) is 25.8. The van der Waals surface area contributed by atoms with Gasteiger partial charge in [-0.15, -0.1) is 11.3 Å². The smallest absolute Gasteiger partial charge is 0.0440 e. The molecule has 10 aromatic carbocycles. The lowest BCUT2D eigenvalue weighted by atomic mass is 9.83. The van der Waals surface area contributed by atoms with Gasteiger partial charge in [0.2, 0.25) is 0 Å². The van der Waals surface area contributed by atoms with Crippen LogP contribution in [0.3, 0.4) is 0 Å². The maximum Gasteiger partial charge on any atom is 0.0440 e. The molecule has 1 heterocycles. The molecule has 1 aromatic heterocycles. The fraction of sp³-hybridized carbons (Fsp3) is 0.0435. The summed E-state index contributed by atoms with van der Waals surface area (Å²) in [5, 5.41) is 20.8. The zero-order valence-corrected chi connectivity index (χ0v) is 26.6. The van der Waals surface area contributed by atoms with Gasteiger partial charge in [-0.05, 0) is 129 Å². The Bertz CT molecular complexity index is 3230. The Morgan fingerprint density at radius 2 is 0.723 bits per heavy atom. The molecular formula is C46H24S. The Labute approximate surface area is 273 Å². The average Bonchev–Trinajstić information content (AvgIpc) is 3.73. The Hall–Kier alpha value is -5.50. The fourth-order valence-corrected chi connectivity index (χ4v) is 11.3. The van der Waals surface area contributed by atoms with Crippen molar-refractivity contribution in [1.29, 1.82) is 0 Å². The number of thiophene rings is 1. The predicted molar refractivity (Wildman–Crippen MR) is 205 cm³/mol. The molecule has 2 aliphatic carbocycles. The van der Waals surface area contributed by atoms with Gasteiger partial charge in [-0.2, -0.15) is 0 Å². The van der Waals surface area contributed by atoms with Crippen LogP contribution >= 0.6 is 11.3 Å². The summed E-state index contributed by atoms with van der Waals surface area (Å²) in [7, 11) is 0. The van der Waals surface area contributed by atoms with E-state index in [2.05, 4.69) is 123 Å². The van der Waals surface area contributed by atoms with Crippen LogP contribution in [0.1, 0.15) is 11.1 Å². The summed E-state index contributed by atoms with van der Waals surface area (Å²) in [6, 6.07) is 42.8. The minimum atomic E-state index is 1.31. The molecule has 2 aliphatic rings. The van der Waals surface area contributed by atoms with E-state index in [1.54, 1.807) is 0 Å². The molecule has 0 nitrogen and oxygen atoms in total. The van der Waals surface area contributed by atoms with Gasteiger partial charge in [0.15, 0.2) is 0 Å². The van der Waals surface area contributed by atoms with Crippen molar-refractivity contribution in [2.45, 2.75) is 13.8 Å². The second-order valence-electron chi connectivity index (χ2n) is 14.1. The highest BCUT2D eigenvalue weighted by Gasteiger charge is 2.30. The summed E-state index contributed by atoms with van der Waals surface area (Å²) in [6.45, 7) is 4.40. The lowest BCUT2D eigenvalue weighted by Gasteiger charge is -2.20. The van der Waals surface area contributed by atoms with E-state index in [1.165, 1.54) is 140 Å². The first-order valence-electron chi connectivity index (χ1n) is 16.6. The molecule has 0 saturated carbocycles. The summed E-state index contributed by atoms with van der Waals surface area (Å²) in [6.07, 6.45) is 0. The minimum Gasteiger partial charge on any atom is -0.134 e. The van der Waals surface area contributed by atoms with Crippen molar-refractivity contribution in [3.05, 3.63) is 120 Å². The van der Waals surface area contributed by atoms with Gasteiger partial charge in [0.05, 0.1) is 0 Å². The van der Waals surface area contributed by atoms with Gasteiger partial charge in [0.25, 0.3) is 0 Å². The van der Waals surface area contributed by atoms with Crippen LogP contribution in [0.5, 0.6) is 0 Å². The maximum atomic E-state index is 2.42. The molecule has 0 bridgehead atoms. The molecule has 0 fully saturated rings. The first-order chi connectivity index (χ1) is 23.1. The van der Waals surface area contributed by atoms with Gasteiger partial charge >= 0.3 is 0 Å². The zero-order chi connectivity index (χ0) is 30.4. The number of rotatable bonds is 0. The van der Waals surface area contributed by atoms with E-state index in [-0.39, 0.29) is 0 Å². The number of aryl methyl sites for hydroxylation is 2. The molecule has 0 unspecified atom stereocenters. The Kier molecular flexibility index (Phi) is 3.82. The van der Waals surface area contributed by atoms with Gasteiger partial charge in [0, 0.05) is 26.1 Å². The first kappa shape index (κ1) is 23.8. The monoisotopic (exact) mass is 608 g/mol. The summed E-state index contributed by atoms with van der Waals surface area (Å²) >= 11 is 1.96. The SMILES string of the molecule is Cc1ccc2c(c1)-c1ccc3c4ccc5c6ccc7c8c(ccc(c9ccc(c%10ccc-2c1c3%10)c4c59)c86)-c1c-7sc2cc(C)ccc12. The van der Waals surface area contributed by atoms with Crippen LogP contribution in [0.15, 0.2) is 109 Å². The summed E-state index contributed by atoms with van der Waals surface area (Å²) < 4.78 is 1.39. The molecule has 0 amide bonds. The van der Waals surface area contributed by atoms with Crippen LogP contribution in [0.25, 0.3) is 129 Å². The van der Waals surface area contributed by atoms with Crippen LogP contribution in [0.2, 0.25) is 0 Å². The first-order valence-corrected chi connectivity index (χ1v) is 17.4. The van der Waals surface area contributed by atoms with Gasteiger partial charge in [0.1, 0.15) is 0 Å². The van der Waals surface area contributed by atoms with Gasteiger partial charge < -0.3 is 0 Å². The largest absolute Gasteiger partial charge is 0.134 e. The second kappa shape index (κ2) is 7.55. The van der Waals surface area contributed by atoms with E-state index in [1.807, 2.05) is 11.3 Å². The van der Waals surface area contributed by atoms with Crippen LogP contribution in [-0.2, 0) is 0 Å². The van der Waals surface area contributed by atoms with Crippen LogP contribution in [-0.4, -0.2) is 0 Å². The highest BCUT2D eigenvalue weighted by Crippen LogP contribution is 2.58. The Balaban J connectivity index is 1.18. The molecule has 47 heavy (non-hydrogen) atoms. The van der Waals surface area contributed by atoms with Crippen molar-refractivity contribution in [1.82, 2.24) is 0 Å². The third-order valence-electron chi connectivity index (χ3n) is 11.8. The number of hydrogen-bond acceptors (Lipinski definition) is 1. The molecule has 214 valence electrons. The fourth-order valence-electron chi connectivity index (χ4n) is 9.91. The lowest BCUT2D eigenvalue weighted by molar-refractivity contribution is 1.48. The second-order valence-corrected chi connectivity index (χ2v) is 15.1. The molecule has 0 atom stereocenters. The topological polar surface area (TPSA) is 0 Å². The molecule has 0 aliphatic heterocycles. The maximum absolute atomic E-state index is 2.42. The van der Waals surface area contributed by atoms with Crippen LogP contribution < -0.4 is 0 Å². The predicted octanol–water partition coefficient (Wildman–Crippen LogP) is 13.8. The number of fused-ring (bicyclic) bond motifs is 12. The van der Waals surface area contributed by atoms with E-state index in [9.17, 15) is 0 Å². The van der Waals surface area contributed by atoms with Crippen molar-refractivity contribution in [3.63, 3.8) is 0 Å². The van der Waals surface area contributed by atoms with E-state index >= 15 is 0 Å². The van der Waals surface area contributed by atoms with Gasteiger partial charge in [-0.1, -0.05) is 109 Å². The molecular weight excluding hydrogens is 585 g/mol. The third kappa shape index (κ3) is 2.51. The lowest BCUT2D eigenvalue weighted by Crippen LogP contribution is -1.92. The quantitative estimate of drug-likeness (QED) is 0.119. The minimum absolute atomic E-state index is 1.31. The van der Waals surface area contributed by atoms with Crippen molar-refractivity contribution in [2.24, 2.45) is 0 Å². The van der Waals surface area contributed by atoms with Crippen molar-refractivity contribution in [3.8, 4) is 43.8 Å². The van der Waals surface area contributed by atoms with Crippen molar-refractivity contribution < 1.29 is 0 Å². The van der Waals surface area contributed by atoms with Crippen LogP contribution in [0, 0.1) is 13.8 Å². The van der Waals surface area contributed by atoms with Gasteiger partial charge in [-0.3, -0.25) is 0 Å². The van der Waals surface area contributed by atoms with E-state index in [0.717, 1.165) is 0 Å². The molecule has 0 spiro atoms. The summed E-state index contributed by atoms with van der Waals surface area (Å²) in [5.74, 6) is 0. The van der Waals surface area contributed by atoms with Crippen LogP contribution in [0.4, 0.5) is 0 Å². The summed E-state index contributed by atoms with van der Waals surface area (Å²) in [4.78, 5) is 1.43. The van der Waals surface area contributed by atoms with Crippen molar-refractivity contribution >= 4 is 96.8 Å². The Morgan fingerprint density at radius 3 is 1.34 bits per heavy atom. The molecule has 0 N–H and O–H groups in total. The average molecular weight is 609 g/mol. The molecule has 1 heteroatoms. The molecule has 13 rings (SSSR count). The molecule has 11 aromatic rings. The molecule has 0 saturated heterocycles. The van der Waals surface area contributed by atoms with Gasteiger partial charge in [-0.25, -0.2) is 0 Å². The van der Waals surface area contributed by atoms with E-state index < -0.39 is 0 Å². The number of benzene rings is 10. The van der Waals surface area contributed by atoms with E-state index in [0.29, 0.717) is 0 Å². The highest BCUT2D eigenvalue weighted by atomic mass is 32.1. The molecule has 0 radical (unpaired) electrons. The normalized spacial score (nSPS) is 13.3. The Morgan fingerprint density at radius 1 is 0.319 bits per heavy atom. The standard InChI is InChI=1S/C46H24S/c1-21-3-5-23-24-7-8-25-26-9-11-28-31-15-17-35-44-36(46-45(35)34-6-4-22(2)20-38(34)47-46)18-16-32(43(31)44)29-12-10-27(41(26)42(28)29)30-13-14-33(37(23)19-21)39(24)40(25)30/h3-20H,1-2H3. The van der Waals surface area contributed by atoms with Crippen molar-refractivity contribution in [2.75, 3.05) is 0 Å². The highest BCUT2D eigenvalue weighted by molar-refractivity contribution is 7.23. The van der Waals surface area contributed by atoms with E-state index in [4.69, 9.17) is 0 Å². The summed E-state index contributed by atoms with van der Waals surface area (Å²) in [5.41, 5.74) is 12.4. The third-order valence-corrected chi connectivity index (χ3v) is 12.9. The number of hydrogen-bond donors (Lipinski definition) is 0.